The van der Waals surface area contributed by atoms with E-state index >= 15 is 0 Å². The highest BCUT2D eigenvalue weighted by Crippen LogP contribution is 2.27. The van der Waals surface area contributed by atoms with Gasteiger partial charge in [0.1, 0.15) is 12.0 Å². The predicted octanol–water partition coefficient (Wildman–Crippen LogP) is 0.248. The van der Waals surface area contributed by atoms with Gasteiger partial charge >= 0.3 is 0 Å². The first kappa shape index (κ1) is 9.33. The van der Waals surface area contributed by atoms with Gasteiger partial charge < -0.3 is 21.7 Å². The van der Waals surface area contributed by atoms with E-state index in [2.05, 4.69) is 29.8 Å². The van der Waals surface area contributed by atoms with E-state index in [0.29, 0.717) is 10.9 Å². The summed E-state index contributed by atoms with van der Waals surface area (Å²) >= 11 is 5.03. The van der Waals surface area contributed by atoms with Crippen molar-refractivity contribution in [3.63, 3.8) is 0 Å². The van der Waals surface area contributed by atoms with E-state index in [4.69, 9.17) is 18.0 Å². The normalized spacial score (nSPS) is 25.6. The Morgan fingerprint density at radius 2 is 2.14 bits per heavy atom. The summed E-state index contributed by atoms with van der Waals surface area (Å²) in [6, 6.07) is 0. The Bertz CT molecular complexity index is 356. The predicted molar refractivity (Wildman–Crippen MR) is 60.0 cm³/mol. The fraction of sp³-hybridized carbons (Fsp3) is 0.444. The number of nitrogens with two attached hydrogens (primary N) is 1. The summed E-state index contributed by atoms with van der Waals surface area (Å²) in [6.07, 6.45) is 1.03. The summed E-state index contributed by atoms with van der Waals surface area (Å²) in [5.74, 6) is 0.659. The summed E-state index contributed by atoms with van der Waals surface area (Å²) in [4.78, 5) is 0. The van der Waals surface area contributed by atoms with Crippen LogP contribution < -0.4 is 21.7 Å². The molecule has 0 saturated heterocycles. The van der Waals surface area contributed by atoms with Gasteiger partial charge in [-0.05, 0) is 31.1 Å². The van der Waals surface area contributed by atoms with Crippen molar-refractivity contribution in [2.45, 2.75) is 26.4 Å². The lowest BCUT2D eigenvalue weighted by molar-refractivity contribution is 0.605. The van der Waals surface area contributed by atoms with Crippen molar-refractivity contribution in [1.82, 2.24) is 16.0 Å². The second-order valence-corrected chi connectivity index (χ2v) is 3.87. The standard InChI is InChI=1S/C9H14N4S/c1-3-5-4(2)6-7(10)12-9(14)13-8(6)11-5/h8,11H,3,10H2,1-2H3,(H2,12,13,14). The molecule has 2 rings (SSSR count). The molecule has 0 aromatic rings. The fourth-order valence-corrected chi connectivity index (χ4v) is 2.15. The Morgan fingerprint density at radius 1 is 1.43 bits per heavy atom. The molecule has 0 spiro atoms. The molecule has 0 amide bonds. The zero-order chi connectivity index (χ0) is 10.3. The quantitative estimate of drug-likeness (QED) is 0.467. The minimum atomic E-state index is 0.0544. The molecule has 0 radical (unpaired) electrons. The second-order valence-electron chi connectivity index (χ2n) is 3.46. The van der Waals surface area contributed by atoms with E-state index in [9.17, 15) is 0 Å². The number of hydrogen-bond acceptors (Lipinski definition) is 3. The Labute approximate surface area is 88.6 Å². The van der Waals surface area contributed by atoms with Crippen LogP contribution in [0.1, 0.15) is 20.3 Å². The molecule has 1 unspecified atom stereocenters. The maximum atomic E-state index is 5.88. The maximum Gasteiger partial charge on any atom is 0.173 e. The van der Waals surface area contributed by atoms with Crippen LogP contribution in [0.5, 0.6) is 0 Å². The third kappa shape index (κ3) is 1.24. The van der Waals surface area contributed by atoms with Crippen LogP contribution in [0.25, 0.3) is 0 Å². The van der Waals surface area contributed by atoms with Gasteiger partial charge in [-0.3, -0.25) is 0 Å². The van der Waals surface area contributed by atoms with Crippen molar-refractivity contribution in [2.75, 3.05) is 0 Å². The minimum Gasteiger partial charge on any atom is -0.385 e. The van der Waals surface area contributed by atoms with Crippen molar-refractivity contribution in [2.24, 2.45) is 5.73 Å². The molecule has 5 heteroatoms. The molecule has 0 aliphatic carbocycles. The Morgan fingerprint density at radius 3 is 2.79 bits per heavy atom. The average Bonchev–Trinajstić information content (AvgIpc) is 2.42. The average molecular weight is 210 g/mol. The van der Waals surface area contributed by atoms with Crippen LogP contribution in [0.3, 0.4) is 0 Å². The van der Waals surface area contributed by atoms with Crippen LogP contribution in [-0.4, -0.2) is 11.3 Å². The first-order chi connectivity index (χ1) is 6.63. The fourth-order valence-electron chi connectivity index (χ4n) is 1.92. The van der Waals surface area contributed by atoms with Crippen molar-refractivity contribution in [1.29, 1.82) is 0 Å². The first-order valence-electron chi connectivity index (χ1n) is 4.67. The molecular formula is C9H14N4S. The first-order valence-corrected chi connectivity index (χ1v) is 5.08. The molecule has 0 saturated carbocycles. The molecule has 0 aromatic carbocycles. The highest BCUT2D eigenvalue weighted by molar-refractivity contribution is 7.80. The highest BCUT2D eigenvalue weighted by Gasteiger charge is 2.31. The zero-order valence-corrected chi connectivity index (χ0v) is 9.09. The van der Waals surface area contributed by atoms with Crippen molar-refractivity contribution in [3.05, 3.63) is 22.7 Å². The minimum absolute atomic E-state index is 0.0544. The van der Waals surface area contributed by atoms with Crippen molar-refractivity contribution in [3.8, 4) is 0 Å². The number of nitrogens with one attached hydrogen (secondary N) is 3. The lowest BCUT2D eigenvalue weighted by Crippen LogP contribution is -2.53. The topological polar surface area (TPSA) is 62.1 Å². The van der Waals surface area contributed by atoms with Crippen LogP contribution >= 0.6 is 12.2 Å². The molecule has 2 aliphatic heterocycles. The molecule has 2 aliphatic rings. The third-order valence-corrected chi connectivity index (χ3v) is 2.85. The monoisotopic (exact) mass is 210 g/mol. The van der Waals surface area contributed by atoms with Crippen molar-refractivity contribution >= 4 is 17.3 Å². The van der Waals surface area contributed by atoms with Gasteiger partial charge in [0, 0.05) is 11.3 Å². The van der Waals surface area contributed by atoms with Gasteiger partial charge in [-0.25, -0.2) is 0 Å². The summed E-state index contributed by atoms with van der Waals surface area (Å²) in [5, 5.41) is 10.00. The zero-order valence-electron chi connectivity index (χ0n) is 8.27. The Balaban J connectivity index is 2.40. The molecule has 2 heterocycles. The number of allylic oxidation sites excluding steroid dienone is 1. The molecular weight excluding hydrogens is 196 g/mol. The van der Waals surface area contributed by atoms with Gasteiger partial charge in [0.25, 0.3) is 0 Å². The molecule has 1 atom stereocenters. The number of thiocarbonyl (C=S) groups is 1. The van der Waals surface area contributed by atoms with Crippen LogP contribution in [0.15, 0.2) is 22.7 Å². The maximum absolute atomic E-state index is 5.88. The van der Waals surface area contributed by atoms with Crippen LogP contribution in [0, 0.1) is 0 Å². The number of rotatable bonds is 1. The third-order valence-electron chi connectivity index (χ3n) is 2.63. The van der Waals surface area contributed by atoms with Crippen LogP contribution in [0.2, 0.25) is 0 Å². The number of hydrogen-bond donors (Lipinski definition) is 4. The van der Waals surface area contributed by atoms with E-state index in [1.807, 2.05) is 0 Å². The second kappa shape index (κ2) is 3.16. The van der Waals surface area contributed by atoms with Gasteiger partial charge in [0.15, 0.2) is 5.11 Å². The SMILES string of the molecule is CCC1=C(C)C2=C(N)NC(=S)NC2N1. The van der Waals surface area contributed by atoms with Gasteiger partial charge in [0.05, 0.1) is 0 Å². The Kier molecular flexibility index (Phi) is 2.11. The van der Waals surface area contributed by atoms with Gasteiger partial charge in [-0.1, -0.05) is 6.92 Å². The van der Waals surface area contributed by atoms with Crippen molar-refractivity contribution < 1.29 is 0 Å². The molecule has 5 N–H and O–H groups in total. The van der Waals surface area contributed by atoms with E-state index in [0.717, 1.165) is 12.0 Å². The summed E-state index contributed by atoms with van der Waals surface area (Å²) in [5.41, 5.74) is 9.43. The summed E-state index contributed by atoms with van der Waals surface area (Å²) in [6.45, 7) is 4.19. The highest BCUT2D eigenvalue weighted by atomic mass is 32.1. The van der Waals surface area contributed by atoms with Crippen LogP contribution in [0.4, 0.5) is 0 Å². The molecule has 0 aromatic heterocycles. The van der Waals surface area contributed by atoms with Gasteiger partial charge in [-0.2, -0.15) is 0 Å². The molecule has 0 fully saturated rings. The van der Waals surface area contributed by atoms with E-state index < -0.39 is 0 Å². The lowest BCUT2D eigenvalue weighted by atomic mass is 10.1. The van der Waals surface area contributed by atoms with Gasteiger partial charge in [0.2, 0.25) is 0 Å². The molecule has 14 heavy (non-hydrogen) atoms. The van der Waals surface area contributed by atoms with Gasteiger partial charge in [-0.15, -0.1) is 0 Å². The summed E-state index contributed by atoms with van der Waals surface area (Å²) < 4.78 is 0. The Hall–Kier alpha value is -1.23. The summed E-state index contributed by atoms with van der Waals surface area (Å²) in [7, 11) is 0. The van der Waals surface area contributed by atoms with E-state index in [1.165, 1.54) is 11.3 Å². The molecule has 4 nitrogen and oxygen atoms in total. The largest absolute Gasteiger partial charge is 0.385 e. The lowest BCUT2D eigenvalue weighted by Gasteiger charge is -2.26. The van der Waals surface area contributed by atoms with E-state index in [-0.39, 0.29) is 6.17 Å². The molecule has 0 bridgehead atoms. The smallest absolute Gasteiger partial charge is 0.173 e. The van der Waals surface area contributed by atoms with Crippen LogP contribution in [-0.2, 0) is 0 Å². The number of fused-ring (bicyclic) bond motifs is 1. The molecule has 76 valence electrons. The van der Waals surface area contributed by atoms with E-state index in [1.54, 1.807) is 0 Å².